The summed E-state index contributed by atoms with van der Waals surface area (Å²) in [7, 11) is 0. The van der Waals surface area contributed by atoms with Gasteiger partial charge in [0.05, 0.1) is 25.4 Å². The molecule has 1 aliphatic rings. The van der Waals surface area contributed by atoms with E-state index in [1.54, 1.807) is 6.08 Å². The van der Waals surface area contributed by atoms with E-state index in [0.29, 0.717) is 6.42 Å². The number of rotatable bonds is 54. The fraction of sp³-hybridized carbons (Fsp3) is 0.919. The van der Waals surface area contributed by atoms with E-state index in [1.807, 2.05) is 6.08 Å². The molecule has 1 saturated heterocycles. The second kappa shape index (κ2) is 52.1. The summed E-state index contributed by atoms with van der Waals surface area (Å²) in [6.07, 6.45) is 60.7. The summed E-state index contributed by atoms with van der Waals surface area (Å²) in [5.74, 6) is -0.186. The van der Waals surface area contributed by atoms with E-state index < -0.39 is 49.5 Å². The lowest BCUT2D eigenvalue weighted by molar-refractivity contribution is -0.302. The Morgan fingerprint density at radius 1 is 0.465 bits per heavy atom. The molecule has 0 aliphatic carbocycles. The van der Waals surface area contributed by atoms with Crippen molar-refractivity contribution in [2.24, 2.45) is 0 Å². The van der Waals surface area contributed by atoms with E-state index in [0.717, 1.165) is 44.9 Å². The van der Waals surface area contributed by atoms with Crippen molar-refractivity contribution in [1.29, 1.82) is 0 Å². The van der Waals surface area contributed by atoms with E-state index in [9.17, 15) is 30.3 Å². The van der Waals surface area contributed by atoms with Crippen molar-refractivity contribution in [3.05, 3.63) is 24.3 Å². The average molecular weight is 1010 g/mol. The van der Waals surface area contributed by atoms with Crippen LogP contribution in [-0.4, -0.2) is 87.5 Å². The fourth-order valence-electron chi connectivity index (χ4n) is 10.1. The monoisotopic (exact) mass is 1010 g/mol. The van der Waals surface area contributed by atoms with Crippen molar-refractivity contribution in [3.8, 4) is 0 Å². The Balaban J connectivity index is 1.92. The molecule has 0 aromatic heterocycles. The van der Waals surface area contributed by atoms with E-state index in [2.05, 4.69) is 31.3 Å². The maximum atomic E-state index is 12.9. The van der Waals surface area contributed by atoms with Crippen LogP contribution in [0.15, 0.2) is 24.3 Å². The topological polar surface area (TPSA) is 149 Å². The van der Waals surface area contributed by atoms with Crippen LogP contribution >= 0.6 is 0 Å². The van der Waals surface area contributed by atoms with Gasteiger partial charge in [0.15, 0.2) is 6.29 Å². The number of carbonyl (C=O) groups is 1. The van der Waals surface area contributed by atoms with Crippen molar-refractivity contribution < 1.29 is 39.8 Å². The van der Waals surface area contributed by atoms with E-state index >= 15 is 0 Å². The van der Waals surface area contributed by atoms with Crippen LogP contribution in [0.5, 0.6) is 0 Å². The first-order valence-electron chi connectivity index (χ1n) is 31.1. The molecule has 0 aromatic rings. The first-order chi connectivity index (χ1) is 34.8. The zero-order valence-electron chi connectivity index (χ0n) is 46.8. The van der Waals surface area contributed by atoms with Gasteiger partial charge in [-0.15, -0.1) is 0 Å². The van der Waals surface area contributed by atoms with E-state index in [1.165, 1.54) is 244 Å². The summed E-state index contributed by atoms with van der Waals surface area (Å²) in [6.45, 7) is 3.67. The van der Waals surface area contributed by atoms with Gasteiger partial charge in [0, 0.05) is 6.42 Å². The predicted molar refractivity (Wildman–Crippen MR) is 300 cm³/mol. The van der Waals surface area contributed by atoms with Crippen LogP contribution in [0, 0.1) is 0 Å². The highest BCUT2D eigenvalue weighted by Gasteiger charge is 2.44. The molecule has 6 N–H and O–H groups in total. The fourth-order valence-corrected chi connectivity index (χ4v) is 10.1. The highest BCUT2D eigenvalue weighted by Crippen LogP contribution is 2.23. The number of unbranched alkanes of at least 4 members (excludes halogenated alkanes) is 42. The standard InChI is InChI=1S/C62H119NO8/c1-3-5-7-9-11-12-13-14-15-16-17-18-19-20-21-22-23-24-25-26-27-28-29-30-31-32-33-34-35-36-37-38-39-40-41-42-43-44-46-48-50-52-58(66)63-55(56(65)51-49-47-45-10-8-6-4-2)54-70-62-61(69)60(68)59(67)57(53-64)71-62/h8,10,49,51,55-57,59-62,64-65,67-69H,3-7,9,11-48,50,52-54H2,1-2H3,(H,63,66)/b10-8+,51-49+. The van der Waals surface area contributed by atoms with Crippen molar-refractivity contribution in [2.45, 2.75) is 352 Å². The minimum atomic E-state index is -1.57. The maximum Gasteiger partial charge on any atom is 0.220 e. The number of allylic oxidation sites excluding steroid dienone is 3. The molecule has 9 heteroatoms. The Morgan fingerprint density at radius 2 is 0.803 bits per heavy atom. The first-order valence-corrected chi connectivity index (χ1v) is 31.1. The van der Waals surface area contributed by atoms with Gasteiger partial charge in [0.25, 0.3) is 0 Å². The van der Waals surface area contributed by atoms with Crippen LogP contribution in [0.25, 0.3) is 0 Å². The molecule has 1 heterocycles. The van der Waals surface area contributed by atoms with E-state index in [4.69, 9.17) is 9.47 Å². The minimum absolute atomic E-state index is 0.186. The number of carbonyl (C=O) groups excluding carboxylic acids is 1. The van der Waals surface area contributed by atoms with Gasteiger partial charge in [-0.05, 0) is 25.7 Å². The zero-order chi connectivity index (χ0) is 51.5. The van der Waals surface area contributed by atoms with Crippen LogP contribution in [0.4, 0.5) is 0 Å². The van der Waals surface area contributed by atoms with Gasteiger partial charge in [-0.1, -0.05) is 301 Å². The van der Waals surface area contributed by atoms with Gasteiger partial charge in [0.2, 0.25) is 5.91 Å². The third kappa shape index (κ3) is 41.6. The van der Waals surface area contributed by atoms with Crippen LogP contribution in [-0.2, 0) is 14.3 Å². The molecule has 7 atom stereocenters. The summed E-state index contributed by atoms with van der Waals surface area (Å²) < 4.78 is 11.2. The van der Waals surface area contributed by atoms with Gasteiger partial charge in [-0.25, -0.2) is 0 Å². The molecule has 0 radical (unpaired) electrons. The summed E-state index contributed by atoms with van der Waals surface area (Å²) in [5, 5.41) is 54.0. The van der Waals surface area contributed by atoms with Crippen LogP contribution in [0.3, 0.4) is 0 Å². The first kappa shape index (κ1) is 67.7. The van der Waals surface area contributed by atoms with Crippen LogP contribution in [0.2, 0.25) is 0 Å². The highest BCUT2D eigenvalue weighted by molar-refractivity contribution is 5.76. The number of aliphatic hydroxyl groups is 5. The molecule has 1 rings (SSSR count). The van der Waals surface area contributed by atoms with Gasteiger partial charge in [0.1, 0.15) is 24.4 Å². The Morgan fingerprint density at radius 3 is 1.15 bits per heavy atom. The Labute approximate surface area is 439 Å². The Bertz CT molecular complexity index is 1170. The smallest absolute Gasteiger partial charge is 0.220 e. The maximum absolute atomic E-state index is 12.9. The number of aliphatic hydroxyl groups excluding tert-OH is 5. The zero-order valence-corrected chi connectivity index (χ0v) is 46.8. The lowest BCUT2D eigenvalue weighted by Crippen LogP contribution is -2.60. The lowest BCUT2D eigenvalue weighted by atomic mass is 9.99. The molecule has 0 spiro atoms. The van der Waals surface area contributed by atoms with Crippen LogP contribution in [0.1, 0.15) is 309 Å². The van der Waals surface area contributed by atoms with E-state index in [-0.39, 0.29) is 12.5 Å². The number of nitrogens with one attached hydrogen (secondary N) is 1. The summed E-state index contributed by atoms with van der Waals surface area (Å²) in [4.78, 5) is 12.9. The number of hydrogen-bond acceptors (Lipinski definition) is 8. The molecule has 9 nitrogen and oxygen atoms in total. The molecule has 0 saturated carbocycles. The molecule has 0 aromatic carbocycles. The largest absolute Gasteiger partial charge is 0.394 e. The number of hydrogen-bond donors (Lipinski definition) is 6. The molecular formula is C62H119NO8. The molecule has 1 fully saturated rings. The predicted octanol–water partition coefficient (Wildman–Crippen LogP) is 15.7. The molecule has 71 heavy (non-hydrogen) atoms. The van der Waals surface area contributed by atoms with Crippen LogP contribution < -0.4 is 5.32 Å². The second-order valence-corrected chi connectivity index (χ2v) is 21.9. The molecule has 0 bridgehead atoms. The Hall–Kier alpha value is -1.33. The third-order valence-electron chi connectivity index (χ3n) is 15.0. The molecule has 420 valence electrons. The van der Waals surface area contributed by atoms with Crippen molar-refractivity contribution in [1.82, 2.24) is 5.32 Å². The van der Waals surface area contributed by atoms with Crippen molar-refractivity contribution >= 4 is 5.91 Å². The molecule has 1 aliphatic heterocycles. The Kier molecular flexibility index (Phi) is 49.7. The third-order valence-corrected chi connectivity index (χ3v) is 15.0. The SMILES string of the molecule is CCC/C=C/CC/C=C/C(O)C(COC1OC(CO)C(O)C(O)C1O)NC(=O)CCCCCCCCCCCCCCCCCCCCCCCCCCCCCCCCCCCCCCCCCCC. The average Bonchev–Trinajstić information content (AvgIpc) is 3.37. The summed E-state index contributed by atoms with van der Waals surface area (Å²) in [6, 6.07) is -0.815. The summed E-state index contributed by atoms with van der Waals surface area (Å²) >= 11 is 0. The quantitative estimate of drug-likeness (QED) is 0.0261. The van der Waals surface area contributed by atoms with Gasteiger partial charge in [-0.2, -0.15) is 0 Å². The van der Waals surface area contributed by atoms with Gasteiger partial charge >= 0.3 is 0 Å². The minimum Gasteiger partial charge on any atom is -0.394 e. The van der Waals surface area contributed by atoms with Gasteiger partial charge in [-0.3, -0.25) is 4.79 Å². The number of ether oxygens (including phenoxy) is 2. The lowest BCUT2D eigenvalue weighted by Gasteiger charge is -2.40. The van der Waals surface area contributed by atoms with Crippen molar-refractivity contribution in [3.63, 3.8) is 0 Å². The number of amides is 1. The second-order valence-electron chi connectivity index (χ2n) is 21.9. The van der Waals surface area contributed by atoms with Gasteiger partial charge < -0.3 is 40.3 Å². The molecule has 7 unspecified atom stereocenters. The highest BCUT2D eigenvalue weighted by atomic mass is 16.7. The van der Waals surface area contributed by atoms with Crippen molar-refractivity contribution in [2.75, 3.05) is 13.2 Å². The summed E-state index contributed by atoms with van der Waals surface area (Å²) in [5.41, 5.74) is 0. The molecular weight excluding hydrogens is 887 g/mol. The normalized spacial score (nSPS) is 19.3. The molecule has 1 amide bonds.